The Balaban J connectivity index is 2.19. The van der Waals surface area contributed by atoms with Gasteiger partial charge in [0.25, 0.3) is 0 Å². The fraction of sp³-hybridized carbons (Fsp3) is 0. The third-order valence-electron chi connectivity index (χ3n) is 2.14. The van der Waals surface area contributed by atoms with Crippen molar-refractivity contribution in [3.8, 4) is 0 Å². The third-order valence-corrected chi connectivity index (χ3v) is 2.82. The van der Waals surface area contributed by atoms with Crippen LogP contribution in [0.3, 0.4) is 0 Å². The number of amides is 2. The molecular weight excluding hydrogens is 273 g/mol. The fourth-order valence-electron chi connectivity index (χ4n) is 1.36. The summed E-state index contributed by atoms with van der Waals surface area (Å²) in [5.41, 5.74) is -0.710. The lowest BCUT2D eigenvalue weighted by Gasteiger charge is -2.09. The molecule has 0 unspecified atom stereocenters. The van der Waals surface area contributed by atoms with E-state index in [-0.39, 0.29) is 11.3 Å². The molecule has 0 aliphatic carbocycles. The number of benzene rings is 1. The summed E-state index contributed by atoms with van der Waals surface area (Å²) in [5, 5.41) is 15.4. The second-order valence-corrected chi connectivity index (χ2v) is 4.28. The van der Waals surface area contributed by atoms with Gasteiger partial charge in [-0.05, 0) is 12.1 Å². The summed E-state index contributed by atoms with van der Waals surface area (Å²) in [4.78, 5) is 26.3. The Morgan fingerprint density at radius 1 is 1.32 bits per heavy atom. The first kappa shape index (κ1) is 13.0. The molecule has 0 atom stereocenters. The summed E-state index contributed by atoms with van der Waals surface area (Å²) in [6, 6.07) is 2.75. The number of thiazole rings is 1. The standard InChI is InChI=1S/C11H8FN3O3S/c12-7-3-1-2-6(9(16)17)8(7)14-10(18)15-11-13-4-5-19-11/h1-5H,(H,16,17)(H2,13,14,15,18). The number of carbonyl (C=O) groups is 2. The van der Waals surface area contributed by atoms with Gasteiger partial charge >= 0.3 is 12.0 Å². The lowest BCUT2D eigenvalue weighted by atomic mass is 10.1. The molecule has 19 heavy (non-hydrogen) atoms. The first-order chi connectivity index (χ1) is 9.08. The van der Waals surface area contributed by atoms with Crippen LogP contribution in [-0.4, -0.2) is 22.1 Å². The van der Waals surface area contributed by atoms with Gasteiger partial charge in [-0.25, -0.2) is 19.0 Å². The van der Waals surface area contributed by atoms with Crippen molar-refractivity contribution < 1.29 is 19.1 Å². The number of carboxylic acids is 1. The molecule has 6 nitrogen and oxygen atoms in total. The van der Waals surface area contributed by atoms with Gasteiger partial charge in [0.05, 0.1) is 11.3 Å². The van der Waals surface area contributed by atoms with Gasteiger partial charge in [-0.15, -0.1) is 11.3 Å². The molecule has 0 saturated heterocycles. The number of anilines is 2. The molecule has 2 amide bonds. The summed E-state index contributed by atoms with van der Waals surface area (Å²) < 4.78 is 13.5. The Kier molecular flexibility index (Phi) is 3.71. The van der Waals surface area contributed by atoms with Gasteiger partial charge in [0.15, 0.2) is 5.13 Å². The minimum Gasteiger partial charge on any atom is -0.478 e. The van der Waals surface area contributed by atoms with E-state index in [0.717, 1.165) is 6.07 Å². The molecule has 0 saturated carbocycles. The Labute approximate surface area is 110 Å². The highest BCUT2D eigenvalue weighted by Crippen LogP contribution is 2.20. The molecule has 2 aromatic rings. The Morgan fingerprint density at radius 2 is 2.11 bits per heavy atom. The van der Waals surface area contributed by atoms with Crippen LogP contribution in [0.2, 0.25) is 0 Å². The number of hydrogen-bond acceptors (Lipinski definition) is 4. The lowest BCUT2D eigenvalue weighted by molar-refractivity contribution is 0.0697. The number of carboxylic acid groups (broad SMARTS) is 1. The van der Waals surface area contributed by atoms with E-state index in [4.69, 9.17) is 5.11 Å². The molecule has 0 bridgehead atoms. The minimum absolute atomic E-state index is 0.325. The zero-order valence-corrected chi connectivity index (χ0v) is 10.2. The van der Waals surface area contributed by atoms with E-state index in [1.807, 2.05) is 0 Å². The number of nitrogens with zero attached hydrogens (tertiary/aromatic N) is 1. The smallest absolute Gasteiger partial charge is 0.337 e. The number of carbonyl (C=O) groups excluding carboxylic acids is 1. The second-order valence-electron chi connectivity index (χ2n) is 3.38. The molecule has 3 N–H and O–H groups in total. The average Bonchev–Trinajstić information content (AvgIpc) is 2.84. The van der Waals surface area contributed by atoms with Crippen molar-refractivity contribution in [2.45, 2.75) is 0 Å². The normalized spacial score (nSPS) is 9.95. The first-order valence-electron chi connectivity index (χ1n) is 5.07. The molecule has 0 aliphatic heterocycles. The molecule has 1 aromatic heterocycles. The second kappa shape index (κ2) is 5.44. The molecule has 0 fully saturated rings. The SMILES string of the molecule is O=C(Nc1nccs1)Nc1c(F)cccc1C(=O)O. The third kappa shape index (κ3) is 3.05. The molecule has 0 radical (unpaired) electrons. The molecule has 1 aromatic carbocycles. The van der Waals surface area contributed by atoms with Crippen LogP contribution in [-0.2, 0) is 0 Å². The summed E-state index contributed by atoms with van der Waals surface area (Å²) in [6.07, 6.45) is 1.49. The van der Waals surface area contributed by atoms with E-state index in [1.165, 1.54) is 29.7 Å². The van der Waals surface area contributed by atoms with Gasteiger partial charge in [-0.1, -0.05) is 6.07 Å². The topological polar surface area (TPSA) is 91.3 Å². The van der Waals surface area contributed by atoms with Crippen LogP contribution in [0, 0.1) is 5.82 Å². The van der Waals surface area contributed by atoms with Gasteiger partial charge in [0, 0.05) is 11.6 Å². The van der Waals surface area contributed by atoms with E-state index in [1.54, 1.807) is 5.38 Å². The molecular formula is C11H8FN3O3S. The van der Waals surface area contributed by atoms with E-state index in [2.05, 4.69) is 15.6 Å². The molecule has 98 valence electrons. The van der Waals surface area contributed by atoms with Crippen molar-refractivity contribution in [3.63, 3.8) is 0 Å². The zero-order valence-electron chi connectivity index (χ0n) is 9.38. The van der Waals surface area contributed by atoms with Crippen LogP contribution in [0.25, 0.3) is 0 Å². The van der Waals surface area contributed by atoms with Crippen LogP contribution < -0.4 is 10.6 Å². The number of aromatic carboxylic acids is 1. The quantitative estimate of drug-likeness (QED) is 0.806. The number of nitrogens with one attached hydrogen (secondary N) is 2. The highest BCUT2D eigenvalue weighted by molar-refractivity contribution is 7.13. The van der Waals surface area contributed by atoms with Gasteiger partial charge in [-0.2, -0.15) is 0 Å². The molecule has 0 aliphatic rings. The van der Waals surface area contributed by atoms with Crippen LogP contribution in [0.5, 0.6) is 0 Å². The van der Waals surface area contributed by atoms with Gasteiger partial charge in [0.1, 0.15) is 5.82 Å². The van der Waals surface area contributed by atoms with E-state index in [0.29, 0.717) is 5.13 Å². The van der Waals surface area contributed by atoms with E-state index >= 15 is 0 Å². The molecule has 1 heterocycles. The highest BCUT2D eigenvalue weighted by atomic mass is 32.1. The number of aromatic nitrogens is 1. The van der Waals surface area contributed by atoms with Crippen LogP contribution in [0.15, 0.2) is 29.8 Å². The van der Waals surface area contributed by atoms with E-state index < -0.39 is 17.8 Å². The Morgan fingerprint density at radius 3 is 2.74 bits per heavy atom. The monoisotopic (exact) mass is 281 g/mol. The minimum atomic E-state index is -1.33. The van der Waals surface area contributed by atoms with Crippen LogP contribution in [0.1, 0.15) is 10.4 Å². The van der Waals surface area contributed by atoms with Crippen molar-refractivity contribution in [3.05, 3.63) is 41.2 Å². The number of hydrogen-bond donors (Lipinski definition) is 3. The number of halogens is 1. The number of para-hydroxylation sites is 1. The molecule has 8 heteroatoms. The molecule has 2 rings (SSSR count). The summed E-state index contributed by atoms with van der Waals surface area (Å²) in [5.74, 6) is -2.15. The summed E-state index contributed by atoms with van der Waals surface area (Å²) in [7, 11) is 0. The Bertz CT molecular complexity index is 616. The van der Waals surface area contributed by atoms with Gasteiger partial charge in [-0.3, -0.25) is 5.32 Å². The van der Waals surface area contributed by atoms with E-state index in [9.17, 15) is 14.0 Å². The Hall–Kier alpha value is -2.48. The van der Waals surface area contributed by atoms with Gasteiger partial charge in [0.2, 0.25) is 0 Å². The largest absolute Gasteiger partial charge is 0.478 e. The predicted octanol–water partition coefficient (Wildman–Crippen LogP) is 2.62. The summed E-state index contributed by atoms with van der Waals surface area (Å²) in [6.45, 7) is 0. The highest BCUT2D eigenvalue weighted by Gasteiger charge is 2.16. The van der Waals surface area contributed by atoms with Crippen molar-refractivity contribution in [1.29, 1.82) is 0 Å². The van der Waals surface area contributed by atoms with Gasteiger partial charge < -0.3 is 10.4 Å². The molecule has 0 spiro atoms. The van der Waals surface area contributed by atoms with Crippen LogP contribution in [0.4, 0.5) is 20.0 Å². The maximum absolute atomic E-state index is 13.5. The summed E-state index contributed by atoms with van der Waals surface area (Å²) >= 11 is 1.18. The van der Waals surface area contributed by atoms with Crippen molar-refractivity contribution in [2.24, 2.45) is 0 Å². The number of rotatable bonds is 3. The fourth-order valence-corrected chi connectivity index (χ4v) is 1.88. The first-order valence-corrected chi connectivity index (χ1v) is 5.95. The maximum atomic E-state index is 13.5. The van der Waals surface area contributed by atoms with Crippen LogP contribution >= 0.6 is 11.3 Å². The average molecular weight is 281 g/mol. The van der Waals surface area contributed by atoms with Crippen molar-refractivity contribution in [1.82, 2.24) is 4.98 Å². The lowest BCUT2D eigenvalue weighted by Crippen LogP contribution is -2.21. The zero-order chi connectivity index (χ0) is 13.8. The number of urea groups is 1. The van der Waals surface area contributed by atoms with Crippen molar-refractivity contribution >= 4 is 34.2 Å². The van der Waals surface area contributed by atoms with Crippen molar-refractivity contribution in [2.75, 3.05) is 10.6 Å². The maximum Gasteiger partial charge on any atom is 0.337 e. The predicted molar refractivity (Wildman–Crippen MR) is 68.1 cm³/mol.